The number of allylic oxidation sites excluding steroid dienone is 1. The first-order valence-electron chi connectivity index (χ1n) is 7.89. The molecule has 0 spiro atoms. The highest BCUT2D eigenvalue weighted by Gasteiger charge is 2.19. The molecule has 0 bridgehead atoms. The first-order chi connectivity index (χ1) is 11.7. The zero-order chi connectivity index (χ0) is 16.9. The summed E-state index contributed by atoms with van der Waals surface area (Å²) in [6.45, 7) is 5.69. The normalized spacial score (nSPS) is 10.7. The topological polar surface area (TPSA) is 53.3 Å². The molecule has 0 radical (unpaired) electrons. The molecule has 5 heteroatoms. The molecular weight excluding hydrogens is 302 g/mol. The number of hydrogen-bond acceptors (Lipinski definition) is 3. The number of hydrogen-bond donors (Lipinski definition) is 1. The second kappa shape index (κ2) is 7.08. The van der Waals surface area contributed by atoms with Gasteiger partial charge in [0.1, 0.15) is 35.7 Å². The van der Waals surface area contributed by atoms with Crippen LogP contribution in [0.25, 0.3) is 11.0 Å². The molecule has 1 heterocycles. The highest BCUT2D eigenvalue weighted by atomic mass is 16.5. The van der Waals surface area contributed by atoms with Gasteiger partial charge in [-0.25, -0.2) is 9.13 Å². The summed E-state index contributed by atoms with van der Waals surface area (Å²) < 4.78 is 15.1. The molecule has 0 saturated carbocycles. The van der Waals surface area contributed by atoms with Crippen LogP contribution in [-0.2, 0) is 13.1 Å². The van der Waals surface area contributed by atoms with Crippen LogP contribution in [-0.4, -0.2) is 18.3 Å². The van der Waals surface area contributed by atoms with E-state index in [4.69, 9.17) is 15.2 Å². The van der Waals surface area contributed by atoms with Crippen LogP contribution in [0.2, 0.25) is 0 Å². The predicted molar refractivity (Wildman–Crippen MR) is 95.2 cm³/mol. The Morgan fingerprint density at radius 1 is 1.12 bits per heavy atom. The van der Waals surface area contributed by atoms with Crippen LogP contribution in [0.15, 0.2) is 61.2 Å². The maximum Gasteiger partial charge on any atom is 0.356 e. The molecule has 24 heavy (non-hydrogen) atoms. The summed E-state index contributed by atoms with van der Waals surface area (Å²) in [5.41, 5.74) is 8.51. The smallest absolute Gasteiger partial charge is 0.356 e. The summed E-state index contributed by atoms with van der Waals surface area (Å²) in [5.74, 6) is 2.33. The van der Waals surface area contributed by atoms with E-state index in [1.807, 2.05) is 42.5 Å². The van der Waals surface area contributed by atoms with Crippen molar-refractivity contribution in [1.82, 2.24) is 4.57 Å². The maximum absolute atomic E-state index is 6.33. The summed E-state index contributed by atoms with van der Waals surface area (Å²) >= 11 is 0. The van der Waals surface area contributed by atoms with Gasteiger partial charge in [-0.05, 0) is 36.4 Å². The van der Waals surface area contributed by atoms with Crippen LogP contribution < -0.4 is 19.8 Å². The van der Waals surface area contributed by atoms with Crippen LogP contribution in [0.5, 0.6) is 11.5 Å². The lowest BCUT2D eigenvalue weighted by Gasteiger charge is -2.07. The van der Waals surface area contributed by atoms with Crippen molar-refractivity contribution in [2.24, 2.45) is 0 Å². The molecule has 1 aromatic heterocycles. The van der Waals surface area contributed by atoms with Crippen molar-refractivity contribution in [3.8, 4) is 11.5 Å². The third-order valence-corrected chi connectivity index (χ3v) is 3.97. The number of aromatic nitrogens is 2. The lowest BCUT2D eigenvalue weighted by molar-refractivity contribution is -0.658. The summed E-state index contributed by atoms with van der Waals surface area (Å²) in [5, 5.41) is 0. The molecule has 124 valence electrons. The maximum atomic E-state index is 6.33. The number of ether oxygens (including phenoxy) is 2. The van der Waals surface area contributed by atoms with Crippen LogP contribution in [0.1, 0.15) is 0 Å². The van der Waals surface area contributed by atoms with Gasteiger partial charge in [0.2, 0.25) is 0 Å². The predicted octanol–water partition coefficient (Wildman–Crippen LogP) is 2.78. The zero-order valence-corrected chi connectivity index (χ0v) is 13.8. The van der Waals surface area contributed by atoms with Crippen LogP contribution in [0, 0.1) is 0 Å². The van der Waals surface area contributed by atoms with Crippen molar-refractivity contribution < 1.29 is 14.0 Å². The quantitative estimate of drug-likeness (QED) is 0.537. The van der Waals surface area contributed by atoms with Gasteiger partial charge in [-0.2, -0.15) is 0 Å². The minimum atomic E-state index is 0.531. The second-order valence-electron chi connectivity index (χ2n) is 5.42. The molecule has 3 aromatic rings. The molecule has 2 N–H and O–H groups in total. The van der Waals surface area contributed by atoms with E-state index in [-0.39, 0.29) is 0 Å². The number of anilines is 1. The number of imidazole rings is 1. The number of para-hydroxylation sites is 2. The van der Waals surface area contributed by atoms with Gasteiger partial charge in [0.25, 0.3) is 0 Å². The molecular formula is C19H22N3O2+. The lowest BCUT2D eigenvalue weighted by atomic mass is 10.3. The highest BCUT2D eigenvalue weighted by molar-refractivity contribution is 5.73. The van der Waals surface area contributed by atoms with Crippen LogP contribution in [0.3, 0.4) is 0 Å². The summed E-state index contributed by atoms with van der Waals surface area (Å²) in [7, 11) is 1.65. The Morgan fingerprint density at radius 2 is 1.83 bits per heavy atom. The van der Waals surface area contributed by atoms with Gasteiger partial charge in [-0.3, -0.25) is 5.73 Å². The average molecular weight is 324 g/mol. The van der Waals surface area contributed by atoms with E-state index in [2.05, 4.69) is 27.8 Å². The van der Waals surface area contributed by atoms with Crippen molar-refractivity contribution in [1.29, 1.82) is 0 Å². The van der Waals surface area contributed by atoms with Crippen molar-refractivity contribution in [2.75, 3.05) is 19.5 Å². The number of nitrogen functional groups attached to an aromatic ring is 1. The van der Waals surface area contributed by atoms with Gasteiger partial charge in [0.15, 0.2) is 0 Å². The van der Waals surface area contributed by atoms with E-state index in [1.54, 1.807) is 7.11 Å². The summed E-state index contributed by atoms with van der Waals surface area (Å²) in [6, 6.07) is 15.7. The van der Waals surface area contributed by atoms with E-state index >= 15 is 0 Å². The zero-order valence-electron chi connectivity index (χ0n) is 13.8. The Labute approximate surface area is 141 Å². The van der Waals surface area contributed by atoms with Crippen molar-refractivity contribution >= 4 is 17.0 Å². The SMILES string of the molecule is C=CCn1c(N)[n+](CCOc2ccc(OC)cc2)c2ccccc21. The lowest BCUT2D eigenvalue weighted by Crippen LogP contribution is -2.39. The van der Waals surface area contributed by atoms with Crippen molar-refractivity contribution in [2.45, 2.75) is 13.1 Å². The molecule has 3 rings (SSSR count). The van der Waals surface area contributed by atoms with Gasteiger partial charge >= 0.3 is 5.95 Å². The minimum Gasteiger partial charge on any atom is -0.497 e. The average Bonchev–Trinajstić information content (AvgIpc) is 2.88. The summed E-state index contributed by atoms with van der Waals surface area (Å²) in [4.78, 5) is 0. The highest BCUT2D eigenvalue weighted by Crippen LogP contribution is 2.18. The summed E-state index contributed by atoms with van der Waals surface area (Å²) in [6.07, 6.45) is 1.85. The molecule has 0 atom stereocenters. The van der Waals surface area contributed by atoms with Gasteiger partial charge in [0, 0.05) is 0 Å². The fourth-order valence-electron chi connectivity index (χ4n) is 2.80. The molecule has 0 aliphatic carbocycles. The van der Waals surface area contributed by atoms with E-state index in [9.17, 15) is 0 Å². The van der Waals surface area contributed by atoms with E-state index < -0.39 is 0 Å². The third kappa shape index (κ3) is 3.06. The first kappa shape index (κ1) is 15.9. The van der Waals surface area contributed by atoms with Gasteiger partial charge < -0.3 is 9.47 Å². The Balaban J connectivity index is 1.77. The van der Waals surface area contributed by atoms with Crippen molar-refractivity contribution in [3.63, 3.8) is 0 Å². The standard InChI is InChI=1S/C19H21N3O2/c1-3-12-21-17-6-4-5-7-18(17)22(19(21)20)13-14-24-16-10-8-15(23-2)9-11-16/h3-11,20H,1,12-14H2,2H3/p+1. The largest absolute Gasteiger partial charge is 0.497 e. The second-order valence-corrected chi connectivity index (χ2v) is 5.42. The fourth-order valence-corrected chi connectivity index (χ4v) is 2.80. The molecule has 0 fully saturated rings. The molecule has 0 saturated heterocycles. The molecule has 0 amide bonds. The van der Waals surface area contributed by atoms with Gasteiger partial charge in [-0.1, -0.05) is 24.8 Å². The van der Waals surface area contributed by atoms with Crippen LogP contribution >= 0.6 is 0 Å². The van der Waals surface area contributed by atoms with E-state index in [1.165, 1.54) is 0 Å². The molecule has 5 nitrogen and oxygen atoms in total. The number of benzene rings is 2. The van der Waals surface area contributed by atoms with Gasteiger partial charge in [-0.15, -0.1) is 0 Å². The molecule has 0 aliphatic heterocycles. The van der Waals surface area contributed by atoms with E-state index in [0.717, 1.165) is 22.5 Å². The minimum absolute atomic E-state index is 0.531. The number of rotatable bonds is 7. The first-order valence-corrected chi connectivity index (χ1v) is 7.89. The number of fused-ring (bicyclic) bond motifs is 1. The number of nitrogens with zero attached hydrogens (tertiary/aromatic N) is 2. The van der Waals surface area contributed by atoms with E-state index in [0.29, 0.717) is 25.6 Å². The Bertz CT molecular complexity index is 838. The third-order valence-electron chi connectivity index (χ3n) is 3.97. The Hall–Kier alpha value is -2.95. The number of methoxy groups -OCH3 is 1. The van der Waals surface area contributed by atoms with Gasteiger partial charge in [0.05, 0.1) is 13.7 Å². The fraction of sp³-hybridized carbons (Fsp3) is 0.211. The molecule has 0 aliphatic rings. The Morgan fingerprint density at radius 3 is 2.54 bits per heavy atom. The van der Waals surface area contributed by atoms with Crippen molar-refractivity contribution in [3.05, 3.63) is 61.2 Å². The number of nitrogens with two attached hydrogens (primary N) is 1. The van der Waals surface area contributed by atoms with Crippen LogP contribution in [0.4, 0.5) is 5.95 Å². The Kier molecular flexibility index (Phi) is 4.70. The molecule has 0 unspecified atom stereocenters. The monoisotopic (exact) mass is 324 g/mol. The molecule has 2 aromatic carbocycles.